The summed E-state index contributed by atoms with van der Waals surface area (Å²) in [6.07, 6.45) is 2.78. The molecule has 12 rings (SSSR count). The minimum atomic E-state index is -4.61. The molecule has 368 valence electrons. The molecule has 4 aliphatic rings. The molecule has 71 heavy (non-hydrogen) atoms. The second kappa shape index (κ2) is 15.2. The van der Waals surface area contributed by atoms with Crippen molar-refractivity contribution in [1.82, 2.24) is 48.3 Å². The first kappa shape index (κ1) is 45.1. The van der Waals surface area contributed by atoms with Gasteiger partial charge in [-0.05, 0) is 138 Å². The van der Waals surface area contributed by atoms with E-state index >= 15 is 13.6 Å². The topological polar surface area (TPSA) is 156 Å². The van der Waals surface area contributed by atoms with Gasteiger partial charge in [0.1, 0.15) is 29.4 Å². The second-order valence-electron chi connectivity index (χ2n) is 20.8. The van der Waals surface area contributed by atoms with Crippen molar-refractivity contribution in [3.05, 3.63) is 139 Å². The number of halogens is 5. The maximum atomic E-state index is 16.4. The van der Waals surface area contributed by atoms with E-state index in [4.69, 9.17) is 14.4 Å². The Morgan fingerprint density at radius 1 is 0.930 bits per heavy atom. The van der Waals surface area contributed by atoms with Gasteiger partial charge in [-0.1, -0.05) is 18.1 Å². The van der Waals surface area contributed by atoms with Crippen molar-refractivity contribution in [3.8, 4) is 17.2 Å². The number of ether oxygens (including phenoxy) is 1. The smallest absolute Gasteiger partial charge is 0.376 e. The summed E-state index contributed by atoms with van der Waals surface area (Å²) in [5, 5.41) is 13.8. The Morgan fingerprint density at radius 3 is 2.31 bits per heavy atom. The van der Waals surface area contributed by atoms with Crippen LogP contribution in [0, 0.1) is 31.4 Å². The lowest BCUT2D eigenvalue weighted by molar-refractivity contribution is -0.141. The van der Waals surface area contributed by atoms with Gasteiger partial charge in [0, 0.05) is 47.4 Å². The summed E-state index contributed by atoms with van der Waals surface area (Å²) in [5.41, 5.74) is 1.75. The van der Waals surface area contributed by atoms with E-state index in [2.05, 4.69) is 41.2 Å². The molecule has 20 heteroatoms. The van der Waals surface area contributed by atoms with Gasteiger partial charge in [-0.3, -0.25) is 28.1 Å². The van der Waals surface area contributed by atoms with Crippen LogP contribution in [0.15, 0.2) is 81.2 Å². The highest BCUT2D eigenvalue weighted by Crippen LogP contribution is 2.58. The van der Waals surface area contributed by atoms with Crippen molar-refractivity contribution in [2.75, 3.05) is 13.2 Å². The number of amides is 1. The summed E-state index contributed by atoms with van der Waals surface area (Å²) in [6.45, 7) is 10.8. The number of nitrogens with one attached hydrogen (secondary N) is 1. The van der Waals surface area contributed by atoms with E-state index in [0.29, 0.717) is 70.1 Å². The lowest BCUT2D eigenvalue weighted by Crippen LogP contribution is -2.45. The molecule has 0 unspecified atom stereocenters. The van der Waals surface area contributed by atoms with Gasteiger partial charge in [0.05, 0.1) is 45.8 Å². The van der Waals surface area contributed by atoms with Crippen molar-refractivity contribution in [2.45, 2.75) is 115 Å². The molecular weight excluding hydrogens is 928 g/mol. The molecule has 2 aliphatic heterocycles. The van der Waals surface area contributed by atoms with E-state index in [9.17, 15) is 22.8 Å². The van der Waals surface area contributed by atoms with Gasteiger partial charge >= 0.3 is 17.6 Å². The van der Waals surface area contributed by atoms with Gasteiger partial charge in [0.25, 0.3) is 5.91 Å². The highest BCUT2D eigenvalue weighted by atomic mass is 19.4. The van der Waals surface area contributed by atoms with E-state index in [1.165, 1.54) is 29.1 Å². The summed E-state index contributed by atoms with van der Waals surface area (Å²) < 4.78 is 89.5. The number of benzene rings is 3. The van der Waals surface area contributed by atoms with Crippen molar-refractivity contribution in [3.63, 3.8) is 0 Å². The third-order valence-corrected chi connectivity index (χ3v) is 15.6. The van der Waals surface area contributed by atoms with Gasteiger partial charge in [-0.2, -0.15) is 23.4 Å². The van der Waals surface area contributed by atoms with Gasteiger partial charge in [-0.15, -0.1) is 0 Å². The molecule has 1 spiro atoms. The number of aromatic nitrogens is 9. The zero-order valence-electron chi connectivity index (χ0n) is 39.7. The summed E-state index contributed by atoms with van der Waals surface area (Å²) >= 11 is 0. The minimum absolute atomic E-state index is 0.0495. The molecule has 7 heterocycles. The maximum Gasteiger partial charge on any atom is 0.438 e. The Hall–Kier alpha value is -7.09. The summed E-state index contributed by atoms with van der Waals surface area (Å²) in [7, 11) is 0. The molecule has 15 nitrogen and oxygen atoms in total. The summed E-state index contributed by atoms with van der Waals surface area (Å²) in [4.78, 5) is 47.9. The first-order valence-electron chi connectivity index (χ1n) is 23.8. The van der Waals surface area contributed by atoms with Crippen LogP contribution in [0.25, 0.3) is 39.0 Å². The van der Waals surface area contributed by atoms with Gasteiger partial charge < -0.3 is 14.2 Å². The van der Waals surface area contributed by atoms with Crippen LogP contribution >= 0.6 is 0 Å². The van der Waals surface area contributed by atoms with Gasteiger partial charge in [0.2, 0.25) is 0 Å². The molecule has 3 aromatic carbocycles. The van der Waals surface area contributed by atoms with Crippen molar-refractivity contribution in [1.29, 1.82) is 0 Å². The van der Waals surface area contributed by atoms with Crippen LogP contribution in [-0.2, 0) is 22.2 Å². The summed E-state index contributed by atoms with van der Waals surface area (Å²) in [6, 6.07) is 13.2. The van der Waals surface area contributed by atoms with Crippen LogP contribution in [0.4, 0.5) is 22.0 Å². The number of carbonyl (C=O) groups is 1. The number of aryl methyl sites for hydroxylation is 2. The molecule has 1 N–H and O–H groups in total. The van der Waals surface area contributed by atoms with E-state index < -0.39 is 52.8 Å². The van der Waals surface area contributed by atoms with Crippen LogP contribution in [0.5, 0.6) is 0 Å². The Labute approximate surface area is 401 Å². The third kappa shape index (κ3) is 6.90. The first-order chi connectivity index (χ1) is 33.7. The highest BCUT2D eigenvalue weighted by molar-refractivity contribution is 6.00. The third-order valence-electron chi connectivity index (χ3n) is 15.6. The van der Waals surface area contributed by atoms with E-state index in [-0.39, 0.29) is 52.3 Å². The summed E-state index contributed by atoms with van der Waals surface area (Å²) in [5.74, 6) is -1.62. The molecule has 0 bridgehead atoms. The number of carbonyl (C=O) groups excluding carboxylic acids is 1. The lowest BCUT2D eigenvalue weighted by Gasteiger charge is -2.38. The normalized spacial score (nSPS) is 22.5. The molecule has 4 atom stereocenters. The van der Waals surface area contributed by atoms with Crippen LogP contribution in [-0.4, -0.2) is 79.1 Å². The number of hydrogen-bond acceptors (Lipinski definition) is 8. The zero-order valence-corrected chi connectivity index (χ0v) is 39.7. The Morgan fingerprint density at radius 2 is 1.65 bits per heavy atom. The zero-order chi connectivity index (χ0) is 49.8. The molecule has 2 saturated carbocycles. The Bertz CT molecular complexity index is 3630. The quantitative estimate of drug-likeness (QED) is 0.148. The van der Waals surface area contributed by atoms with E-state index in [1.807, 2.05) is 30.5 Å². The average molecular weight is 977 g/mol. The molecule has 1 saturated heterocycles. The fourth-order valence-corrected chi connectivity index (χ4v) is 11.8. The van der Waals surface area contributed by atoms with Gasteiger partial charge in [0.15, 0.2) is 11.6 Å². The molecular formula is C51H49F5N10O5. The molecule has 5 aromatic heterocycles. The molecule has 3 fully saturated rings. The number of hydrogen-bond donors (Lipinski definition) is 1. The van der Waals surface area contributed by atoms with Crippen molar-refractivity contribution >= 4 is 27.7 Å². The number of H-pyrrole nitrogens is 1. The monoisotopic (exact) mass is 976 g/mol. The second-order valence-corrected chi connectivity index (χ2v) is 20.8. The number of rotatable bonds is 8. The largest absolute Gasteiger partial charge is 0.438 e. The fourth-order valence-electron chi connectivity index (χ4n) is 11.8. The predicted octanol–water partition coefficient (Wildman–Crippen LogP) is 8.96. The Balaban J connectivity index is 1.02. The predicted molar refractivity (Wildman–Crippen MR) is 250 cm³/mol. The first-order valence-corrected chi connectivity index (χ1v) is 23.8. The van der Waals surface area contributed by atoms with Crippen LogP contribution < -0.4 is 11.4 Å². The molecule has 8 aromatic rings. The van der Waals surface area contributed by atoms with Crippen molar-refractivity contribution in [2.24, 2.45) is 5.92 Å². The van der Waals surface area contributed by atoms with Crippen LogP contribution in [0.3, 0.4) is 0 Å². The van der Waals surface area contributed by atoms with Crippen LogP contribution in [0.2, 0.25) is 0 Å². The standard InChI is InChI=1S/C51H49F5N10O5/c1-26-17-33(18-27(2)40(26)52)66-43(62-15-14-61(47(62)69)37-10-9-36-34(41(37)53)23-57-64(36)25-51(54,55)56)39-29(4)63(24-49(12-13-49)42(39)59-66)44(67)38-20-32-19-30(31-11-16-70-48(5,6)22-31)7-8-35(32)65(38)50(21-28(50)3)45-58-46(68)71-60-45/h7-10,14-15,17-20,23,28-29,31H,11-13,16,21-22,24-25H2,1-6H3,(H,58,60,68)/t28-,29-,31-,50-/m0/s1. The lowest BCUT2D eigenvalue weighted by atomic mass is 9.83. The minimum Gasteiger partial charge on any atom is -0.376 e. The maximum absolute atomic E-state index is 16.4. The molecule has 1 amide bonds. The van der Waals surface area contributed by atoms with Crippen LogP contribution in [0.1, 0.15) is 116 Å². The van der Waals surface area contributed by atoms with Crippen molar-refractivity contribution < 1.29 is 36.0 Å². The highest BCUT2D eigenvalue weighted by Gasteiger charge is 2.60. The van der Waals surface area contributed by atoms with E-state index in [0.717, 1.165) is 40.1 Å². The fraction of sp³-hybridized carbons (Fsp3) is 0.412. The van der Waals surface area contributed by atoms with Gasteiger partial charge in [-0.25, -0.2) is 23.1 Å². The Kier molecular flexibility index (Phi) is 9.66. The number of nitrogens with zero attached hydrogens (tertiary/aromatic N) is 9. The average Bonchev–Trinajstić information content (AvgIpc) is 3.73. The number of imidazole rings is 1. The SMILES string of the molecule is Cc1cc(-n2nc3c(c2-n2ccn(-c4ccc5c(cnn5CC(F)(F)F)c4F)c2=O)[C@H](C)N(C(=O)c2cc4cc([C@H]5CCOC(C)(C)C5)ccc4n2[C@@]2(c4noc(=O)[nH]4)C[C@@H]2C)CC32CC2)cc(C)c1F. The van der Waals surface area contributed by atoms with E-state index in [1.54, 1.807) is 35.6 Å². The number of alkyl halides is 3. The molecule has 2 aliphatic carbocycles. The molecule has 0 radical (unpaired) electrons. The number of aromatic amines is 1. The number of fused-ring (bicyclic) bond motifs is 4.